The molecule has 1 unspecified atom stereocenters. The van der Waals surface area contributed by atoms with Crippen LogP contribution in [0.15, 0.2) is 23.4 Å². The normalized spacial score (nSPS) is 19.5. The molecule has 0 aromatic heterocycles. The van der Waals surface area contributed by atoms with E-state index in [1.54, 1.807) is 0 Å². The average molecular weight is 208 g/mol. The fraction of sp³-hybridized carbons (Fsp3) is 0.300. The zero-order valence-corrected chi connectivity index (χ0v) is 7.89. The summed E-state index contributed by atoms with van der Waals surface area (Å²) in [5, 5.41) is 2.94. The Kier molecular flexibility index (Phi) is 2.45. The molecule has 0 fully saturated rings. The topological polar surface area (TPSA) is 49.7 Å². The van der Waals surface area contributed by atoms with Crippen molar-refractivity contribution >= 4 is 12.1 Å². The van der Waals surface area contributed by atoms with Gasteiger partial charge in [0.05, 0.1) is 0 Å². The average Bonchev–Trinajstić information content (AvgIpc) is 2.27. The van der Waals surface area contributed by atoms with Crippen molar-refractivity contribution in [1.29, 1.82) is 0 Å². The third-order valence-electron chi connectivity index (χ3n) is 2.56. The van der Waals surface area contributed by atoms with Crippen LogP contribution in [0.2, 0.25) is 0 Å². The van der Waals surface area contributed by atoms with E-state index in [2.05, 4.69) is 5.18 Å². The summed E-state index contributed by atoms with van der Waals surface area (Å²) in [5.74, 6) is -0.421. The Morgan fingerprint density at radius 3 is 3.00 bits per heavy atom. The Hall–Kier alpha value is -1.78. The van der Waals surface area contributed by atoms with Gasteiger partial charge in [0.15, 0.2) is 0 Å². The number of carbonyl (C=O) groups excluding carboxylic acids is 1. The van der Waals surface area contributed by atoms with E-state index >= 15 is 0 Å². The molecule has 2 rings (SSSR count). The van der Waals surface area contributed by atoms with E-state index in [0.717, 1.165) is 0 Å². The molecular weight excluding hydrogens is 199 g/mol. The first-order valence-electron chi connectivity index (χ1n) is 4.60. The molecule has 0 spiro atoms. The predicted molar refractivity (Wildman–Crippen MR) is 53.0 cm³/mol. The zero-order valence-electron chi connectivity index (χ0n) is 7.89. The molecule has 4 nitrogen and oxygen atoms in total. The van der Waals surface area contributed by atoms with Crippen LogP contribution in [-0.2, 0) is 4.79 Å². The molecule has 0 bridgehead atoms. The number of fused-ring (bicyclic) bond motifs is 1. The van der Waals surface area contributed by atoms with Gasteiger partial charge in [-0.05, 0) is 24.6 Å². The van der Waals surface area contributed by atoms with E-state index in [0.29, 0.717) is 30.6 Å². The fourth-order valence-corrected chi connectivity index (χ4v) is 1.81. The number of hydrogen-bond donors (Lipinski definition) is 0. The molecular formula is C10H9FN2O2. The predicted octanol–water partition coefficient (Wildman–Crippen LogP) is 2.00. The molecule has 0 radical (unpaired) electrons. The molecule has 1 atom stereocenters. The highest BCUT2D eigenvalue weighted by Gasteiger charge is 2.25. The van der Waals surface area contributed by atoms with Gasteiger partial charge in [0, 0.05) is 17.8 Å². The van der Waals surface area contributed by atoms with Crippen LogP contribution in [0.25, 0.3) is 0 Å². The Balaban J connectivity index is 2.52. The highest BCUT2D eigenvalue weighted by Crippen LogP contribution is 2.35. The van der Waals surface area contributed by atoms with Crippen LogP contribution in [0.3, 0.4) is 0 Å². The summed E-state index contributed by atoms with van der Waals surface area (Å²) >= 11 is 0. The summed E-state index contributed by atoms with van der Waals surface area (Å²) in [7, 11) is 0. The fourth-order valence-electron chi connectivity index (χ4n) is 1.81. The first kappa shape index (κ1) is 9.76. The van der Waals surface area contributed by atoms with Gasteiger partial charge in [-0.1, -0.05) is 5.18 Å². The number of nitroso groups, excluding NO2 is 1. The van der Waals surface area contributed by atoms with Gasteiger partial charge < -0.3 is 4.90 Å². The van der Waals surface area contributed by atoms with Gasteiger partial charge in [0.1, 0.15) is 11.9 Å². The maximum Gasteiger partial charge on any atom is 0.214 e. The van der Waals surface area contributed by atoms with E-state index in [1.165, 1.54) is 23.1 Å². The summed E-state index contributed by atoms with van der Waals surface area (Å²) in [5.41, 5.74) is 1.06. The number of rotatable bonds is 2. The van der Waals surface area contributed by atoms with E-state index < -0.39 is 11.9 Å². The second-order valence-electron chi connectivity index (χ2n) is 3.41. The van der Waals surface area contributed by atoms with Crippen LogP contribution in [0.1, 0.15) is 18.0 Å². The molecule has 1 aliphatic heterocycles. The molecule has 1 aromatic rings. The van der Waals surface area contributed by atoms with Crippen LogP contribution in [0.5, 0.6) is 0 Å². The molecule has 0 N–H and O–H groups in total. The Morgan fingerprint density at radius 2 is 2.33 bits per heavy atom. The Morgan fingerprint density at radius 1 is 1.53 bits per heavy atom. The molecule has 1 aromatic carbocycles. The Bertz CT molecular complexity index is 408. The van der Waals surface area contributed by atoms with Crippen molar-refractivity contribution < 1.29 is 9.18 Å². The van der Waals surface area contributed by atoms with E-state index in [4.69, 9.17) is 0 Å². The van der Waals surface area contributed by atoms with Crippen LogP contribution in [-0.4, -0.2) is 13.0 Å². The summed E-state index contributed by atoms with van der Waals surface area (Å²) in [6.07, 6.45) is 1.12. The number of nitrogens with zero attached hydrogens (tertiary/aromatic N) is 2. The van der Waals surface area contributed by atoms with Crippen molar-refractivity contribution in [2.45, 2.75) is 12.5 Å². The molecule has 5 heteroatoms. The maximum atomic E-state index is 13.0. The summed E-state index contributed by atoms with van der Waals surface area (Å²) in [4.78, 5) is 22.7. The zero-order chi connectivity index (χ0) is 10.8. The highest BCUT2D eigenvalue weighted by atomic mass is 19.1. The van der Waals surface area contributed by atoms with Gasteiger partial charge in [-0.15, -0.1) is 0 Å². The van der Waals surface area contributed by atoms with Crippen LogP contribution in [0, 0.1) is 10.7 Å². The van der Waals surface area contributed by atoms with Crippen molar-refractivity contribution in [3.05, 3.63) is 34.5 Å². The minimum absolute atomic E-state index is 0.421. The molecule has 1 heterocycles. The molecule has 1 amide bonds. The Labute approximate surface area is 85.7 Å². The van der Waals surface area contributed by atoms with Gasteiger partial charge >= 0.3 is 0 Å². The molecule has 78 valence electrons. The van der Waals surface area contributed by atoms with Crippen LogP contribution < -0.4 is 4.90 Å². The van der Waals surface area contributed by atoms with E-state index in [-0.39, 0.29) is 0 Å². The smallest absolute Gasteiger partial charge is 0.214 e. The molecule has 15 heavy (non-hydrogen) atoms. The summed E-state index contributed by atoms with van der Waals surface area (Å²) in [6, 6.07) is 3.47. The highest BCUT2D eigenvalue weighted by molar-refractivity contribution is 5.78. The molecule has 0 saturated heterocycles. The first-order chi connectivity index (χ1) is 7.26. The second-order valence-corrected chi connectivity index (χ2v) is 3.41. The first-order valence-corrected chi connectivity index (χ1v) is 4.60. The van der Waals surface area contributed by atoms with Gasteiger partial charge in [0.2, 0.25) is 6.41 Å². The van der Waals surface area contributed by atoms with Gasteiger partial charge in [-0.2, -0.15) is 4.91 Å². The number of hydrogen-bond acceptors (Lipinski definition) is 3. The quantitative estimate of drug-likeness (QED) is 0.551. The van der Waals surface area contributed by atoms with E-state index in [1.807, 2.05) is 0 Å². The number of benzene rings is 1. The summed E-state index contributed by atoms with van der Waals surface area (Å²) in [6.45, 7) is 0.443. The number of amides is 1. The standard InChI is InChI=1S/C10H9FN2O2/c11-7-1-2-10-8(5-7)9(12-15)3-4-13(10)6-14/h1-2,5-6,9H,3-4H2. The number of carbonyl (C=O) groups is 1. The molecule has 0 saturated carbocycles. The van der Waals surface area contributed by atoms with Crippen molar-refractivity contribution in [2.75, 3.05) is 11.4 Å². The lowest BCUT2D eigenvalue weighted by atomic mass is 9.97. The van der Waals surface area contributed by atoms with Gasteiger partial charge in [-0.3, -0.25) is 4.79 Å². The monoisotopic (exact) mass is 208 g/mol. The third-order valence-corrected chi connectivity index (χ3v) is 2.56. The van der Waals surface area contributed by atoms with Crippen LogP contribution in [0.4, 0.5) is 10.1 Å². The van der Waals surface area contributed by atoms with Gasteiger partial charge in [-0.25, -0.2) is 4.39 Å². The van der Waals surface area contributed by atoms with Crippen molar-refractivity contribution in [1.82, 2.24) is 0 Å². The van der Waals surface area contributed by atoms with Crippen molar-refractivity contribution in [2.24, 2.45) is 5.18 Å². The second kappa shape index (κ2) is 3.76. The minimum atomic E-state index is -0.549. The van der Waals surface area contributed by atoms with Crippen molar-refractivity contribution in [3.63, 3.8) is 0 Å². The summed E-state index contributed by atoms with van der Waals surface area (Å²) < 4.78 is 13.0. The molecule has 1 aliphatic rings. The third kappa shape index (κ3) is 1.60. The molecule has 0 aliphatic carbocycles. The lowest BCUT2D eigenvalue weighted by Gasteiger charge is -2.28. The number of anilines is 1. The van der Waals surface area contributed by atoms with Crippen LogP contribution >= 0.6 is 0 Å². The SMILES string of the molecule is O=CN1CCC(N=O)c2cc(F)ccc21. The minimum Gasteiger partial charge on any atom is -0.315 e. The van der Waals surface area contributed by atoms with Crippen molar-refractivity contribution in [3.8, 4) is 0 Å². The van der Waals surface area contributed by atoms with Gasteiger partial charge in [0.25, 0.3) is 0 Å². The lowest BCUT2D eigenvalue weighted by Crippen LogP contribution is -2.29. The maximum absolute atomic E-state index is 13.0. The largest absolute Gasteiger partial charge is 0.315 e. The lowest BCUT2D eigenvalue weighted by molar-refractivity contribution is -0.107. The van der Waals surface area contributed by atoms with E-state index in [9.17, 15) is 14.1 Å². The number of halogens is 1.